The van der Waals surface area contributed by atoms with E-state index >= 15 is 0 Å². The van der Waals surface area contributed by atoms with Crippen LogP contribution in [-0.4, -0.2) is 39.1 Å². The second-order valence-corrected chi connectivity index (χ2v) is 8.91. The van der Waals surface area contributed by atoms with Gasteiger partial charge in [0, 0.05) is 18.2 Å². The van der Waals surface area contributed by atoms with Gasteiger partial charge in [0.15, 0.2) is 11.0 Å². The van der Waals surface area contributed by atoms with Crippen molar-refractivity contribution in [1.82, 2.24) is 20.1 Å². The monoisotopic (exact) mass is 416 g/mol. The average Bonchev–Trinajstić information content (AvgIpc) is 3.14. The maximum absolute atomic E-state index is 12.3. The first kappa shape index (κ1) is 21.7. The van der Waals surface area contributed by atoms with Gasteiger partial charge in [-0.25, -0.2) is 0 Å². The van der Waals surface area contributed by atoms with Gasteiger partial charge in [-0.3, -0.25) is 4.79 Å². The van der Waals surface area contributed by atoms with Crippen molar-refractivity contribution in [2.45, 2.75) is 70.6 Å². The zero-order valence-corrected chi connectivity index (χ0v) is 18.5. The highest BCUT2D eigenvalue weighted by Crippen LogP contribution is 2.26. The lowest BCUT2D eigenvalue weighted by Gasteiger charge is -2.22. The number of carbonyl (C=O) groups excluding carboxylic acids is 1. The predicted octanol–water partition coefficient (Wildman–Crippen LogP) is 4.54. The van der Waals surface area contributed by atoms with E-state index in [0.717, 1.165) is 41.7 Å². The van der Waals surface area contributed by atoms with Crippen LogP contribution in [0.4, 0.5) is 0 Å². The molecule has 3 rings (SSSR count). The van der Waals surface area contributed by atoms with Crippen LogP contribution in [0.2, 0.25) is 0 Å². The summed E-state index contributed by atoms with van der Waals surface area (Å²) in [5.74, 6) is 2.63. The van der Waals surface area contributed by atoms with E-state index in [0.29, 0.717) is 24.3 Å². The van der Waals surface area contributed by atoms with E-state index in [-0.39, 0.29) is 5.91 Å². The van der Waals surface area contributed by atoms with Crippen LogP contribution in [0, 0.1) is 5.92 Å². The molecular weight excluding hydrogens is 384 g/mol. The molecule has 2 aromatic rings. The van der Waals surface area contributed by atoms with Crippen molar-refractivity contribution in [1.29, 1.82) is 0 Å². The maximum Gasteiger partial charge on any atom is 0.230 e. The Kier molecular flexibility index (Phi) is 7.98. The zero-order valence-electron chi connectivity index (χ0n) is 17.7. The number of nitrogens with zero attached hydrogens (tertiary/aromatic N) is 3. The van der Waals surface area contributed by atoms with Gasteiger partial charge in [-0.2, -0.15) is 0 Å². The molecule has 1 aromatic heterocycles. The molecular formula is C22H32N4O2S. The quantitative estimate of drug-likeness (QED) is 0.608. The van der Waals surface area contributed by atoms with Gasteiger partial charge < -0.3 is 14.6 Å². The number of thioether (sulfide) groups is 1. The molecule has 0 spiro atoms. The molecule has 0 unspecified atom stereocenters. The fourth-order valence-corrected chi connectivity index (χ4v) is 4.32. The van der Waals surface area contributed by atoms with E-state index < -0.39 is 0 Å². The Morgan fingerprint density at radius 1 is 1.21 bits per heavy atom. The van der Waals surface area contributed by atoms with Gasteiger partial charge in [0.1, 0.15) is 5.75 Å². The Morgan fingerprint density at radius 3 is 2.59 bits per heavy atom. The molecule has 1 aliphatic carbocycles. The number of aromatic nitrogens is 3. The molecule has 0 atom stereocenters. The van der Waals surface area contributed by atoms with Gasteiger partial charge in [-0.1, -0.05) is 44.9 Å². The minimum absolute atomic E-state index is 0.0840. The van der Waals surface area contributed by atoms with Gasteiger partial charge in [0.25, 0.3) is 0 Å². The number of rotatable bonds is 9. The average molecular weight is 417 g/mol. The normalized spacial score (nSPS) is 14.9. The highest BCUT2D eigenvalue weighted by molar-refractivity contribution is 7.99. The third-order valence-electron chi connectivity index (χ3n) is 5.03. The highest BCUT2D eigenvalue weighted by Gasteiger charge is 2.18. The standard InChI is InChI=1S/C22H32N4O2S/c1-4-26-21(17-10-12-19(13-11-17)28-14-16(2)3)24-25-22(26)29-15-20(27)23-18-8-6-5-7-9-18/h10-13,16,18H,4-9,14-15H2,1-3H3,(H,23,27). The molecule has 6 nitrogen and oxygen atoms in total. The van der Waals surface area contributed by atoms with Crippen LogP contribution in [0.3, 0.4) is 0 Å². The summed E-state index contributed by atoms with van der Waals surface area (Å²) in [6.07, 6.45) is 5.92. The molecule has 1 amide bonds. The summed E-state index contributed by atoms with van der Waals surface area (Å²) < 4.78 is 7.81. The number of hydrogen-bond donors (Lipinski definition) is 1. The molecule has 1 saturated carbocycles. The molecule has 1 aliphatic rings. The first-order valence-corrected chi connectivity index (χ1v) is 11.6. The first-order chi connectivity index (χ1) is 14.1. The molecule has 158 valence electrons. The van der Waals surface area contributed by atoms with Crippen molar-refractivity contribution in [2.24, 2.45) is 5.92 Å². The fraction of sp³-hybridized carbons (Fsp3) is 0.591. The molecule has 0 aliphatic heterocycles. The summed E-state index contributed by atoms with van der Waals surface area (Å²) in [4.78, 5) is 12.3. The van der Waals surface area contributed by atoms with Crippen LogP contribution in [0.15, 0.2) is 29.4 Å². The number of ether oxygens (including phenoxy) is 1. The molecule has 1 fully saturated rings. The van der Waals surface area contributed by atoms with E-state index in [1.54, 1.807) is 0 Å². The molecule has 7 heteroatoms. The van der Waals surface area contributed by atoms with E-state index in [2.05, 4.69) is 40.9 Å². The maximum atomic E-state index is 12.3. The topological polar surface area (TPSA) is 69.0 Å². The highest BCUT2D eigenvalue weighted by atomic mass is 32.2. The largest absolute Gasteiger partial charge is 0.493 e. The summed E-state index contributed by atoms with van der Waals surface area (Å²) in [6, 6.07) is 8.30. The van der Waals surface area contributed by atoms with Crippen molar-refractivity contribution in [3.63, 3.8) is 0 Å². The number of benzene rings is 1. The number of nitrogens with one attached hydrogen (secondary N) is 1. The Balaban J connectivity index is 1.60. The van der Waals surface area contributed by atoms with Crippen molar-refractivity contribution >= 4 is 17.7 Å². The van der Waals surface area contributed by atoms with Gasteiger partial charge >= 0.3 is 0 Å². The van der Waals surface area contributed by atoms with Crippen molar-refractivity contribution in [2.75, 3.05) is 12.4 Å². The van der Waals surface area contributed by atoms with Crippen LogP contribution in [0.1, 0.15) is 52.9 Å². The van der Waals surface area contributed by atoms with Crippen molar-refractivity contribution in [3.05, 3.63) is 24.3 Å². The van der Waals surface area contributed by atoms with Crippen molar-refractivity contribution < 1.29 is 9.53 Å². The van der Waals surface area contributed by atoms with Crippen LogP contribution in [0.5, 0.6) is 5.75 Å². The van der Waals surface area contributed by atoms with E-state index in [1.165, 1.54) is 31.0 Å². The Bertz CT molecular complexity index is 783. The summed E-state index contributed by atoms with van der Waals surface area (Å²) in [6.45, 7) is 7.78. The molecule has 0 bridgehead atoms. The van der Waals surface area contributed by atoms with E-state index in [4.69, 9.17) is 4.74 Å². The Morgan fingerprint density at radius 2 is 1.93 bits per heavy atom. The molecule has 0 radical (unpaired) electrons. The van der Waals surface area contributed by atoms with Crippen LogP contribution in [-0.2, 0) is 11.3 Å². The van der Waals surface area contributed by atoms with Crippen molar-refractivity contribution in [3.8, 4) is 17.1 Å². The van der Waals surface area contributed by atoms with E-state index in [9.17, 15) is 4.79 Å². The smallest absolute Gasteiger partial charge is 0.230 e. The summed E-state index contributed by atoms with van der Waals surface area (Å²) in [5.41, 5.74) is 0.995. The molecule has 1 heterocycles. The van der Waals surface area contributed by atoms with Gasteiger partial charge in [-0.05, 0) is 49.9 Å². The summed E-state index contributed by atoms with van der Waals surface area (Å²) in [5, 5.41) is 12.6. The SMILES string of the molecule is CCn1c(SCC(=O)NC2CCCCC2)nnc1-c1ccc(OCC(C)C)cc1. The summed E-state index contributed by atoms with van der Waals surface area (Å²) in [7, 11) is 0. The Labute approximate surface area is 177 Å². The molecule has 1 aromatic carbocycles. The number of amides is 1. The predicted molar refractivity (Wildman–Crippen MR) is 117 cm³/mol. The summed E-state index contributed by atoms with van der Waals surface area (Å²) >= 11 is 1.45. The lowest BCUT2D eigenvalue weighted by Crippen LogP contribution is -2.37. The van der Waals surface area contributed by atoms with E-state index in [1.807, 2.05) is 24.3 Å². The molecule has 29 heavy (non-hydrogen) atoms. The molecule has 1 N–H and O–H groups in total. The minimum Gasteiger partial charge on any atom is -0.493 e. The third kappa shape index (κ3) is 6.23. The zero-order chi connectivity index (χ0) is 20.6. The van der Waals surface area contributed by atoms with Gasteiger partial charge in [0.05, 0.1) is 12.4 Å². The number of carbonyl (C=O) groups is 1. The third-order valence-corrected chi connectivity index (χ3v) is 6.00. The fourth-order valence-electron chi connectivity index (χ4n) is 3.50. The first-order valence-electron chi connectivity index (χ1n) is 10.7. The second kappa shape index (κ2) is 10.7. The van der Waals surface area contributed by atoms with Crippen LogP contribution in [0.25, 0.3) is 11.4 Å². The lowest BCUT2D eigenvalue weighted by atomic mass is 9.95. The Hall–Kier alpha value is -2.02. The van der Waals surface area contributed by atoms with Crippen LogP contribution < -0.4 is 10.1 Å². The lowest BCUT2D eigenvalue weighted by molar-refractivity contribution is -0.119. The van der Waals surface area contributed by atoms with Gasteiger partial charge in [0.2, 0.25) is 5.91 Å². The minimum atomic E-state index is 0.0840. The van der Waals surface area contributed by atoms with Crippen LogP contribution >= 0.6 is 11.8 Å². The molecule has 0 saturated heterocycles. The van der Waals surface area contributed by atoms with Gasteiger partial charge in [-0.15, -0.1) is 10.2 Å². The number of hydrogen-bond acceptors (Lipinski definition) is 5. The second-order valence-electron chi connectivity index (χ2n) is 7.97.